The number of hydrogen-bond acceptors (Lipinski definition) is 5. The highest BCUT2D eigenvalue weighted by Gasteiger charge is 2.04. The molecule has 1 rings (SSSR count). The Morgan fingerprint density at radius 2 is 2.00 bits per heavy atom. The highest BCUT2D eigenvalue weighted by molar-refractivity contribution is 5.77. The third-order valence-electron chi connectivity index (χ3n) is 2.65. The van der Waals surface area contributed by atoms with Crippen LogP contribution >= 0.6 is 0 Å². The molecule has 7 nitrogen and oxygen atoms in total. The fourth-order valence-electron chi connectivity index (χ4n) is 1.57. The van der Waals surface area contributed by atoms with E-state index in [1.165, 1.54) is 12.1 Å². The van der Waals surface area contributed by atoms with Crippen molar-refractivity contribution in [2.75, 3.05) is 33.4 Å². The summed E-state index contributed by atoms with van der Waals surface area (Å²) < 4.78 is 4.82. The van der Waals surface area contributed by atoms with Crippen molar-refractivity contribution in [1.29, 1.82) is 0 Å². The van der Waals surface area contributed by atoms with E-state index >= 15 is 0 Å². The van der Waals surface area contributed by atoms with Crippen LogP contribution in [0.25, 0.3) is 0 Å². The summed E-state index contributed by atoms with van der Waals surface area (Å²) in [6, 6.07) is 6.40. The summed E-state index contributed by atoms with van der Waals surface area (Å²) in [6.07, 6.45) is 0.712. The molecule has 1 aromatic carbocycles. The molecule has 0 spiro atoms. The number of rotatable bonds is 9. The van der Waals surface area contributed by atoms with Gasteiger partial charge in [0.05, 0.1) is 18.1 Å². The Hall–Kier alpha value is -1.99. The zero-order valence-corrected chi connectivity index (χ0v) is 11.4. The summed E-state index contributed by atoms with van der Waals surface area (Å²) in [5.74, 6) is -0.0780. The van der Waals surface area contributed by atoms with Gasteiger partial charge in [0.15, 0.2) is 0 Å². The van der Waals surface area contributed by atoms with Crippen molar-refractivity contribution in [3.05, 3.63) is 39.9 Å². The van der Waals surface area contributed by atoms with E-state index < -0.39 is 4.92 Å². The van der Waals surface area contributed by atoms with Crippen molar-refractivity contribution in [1.82, 2.24) is 10.6 Å². The number of non-ortho nitro benzene ring substituents is 1. The molecule has 0 aromatic heterocycles. The van der Waals surface area contributed by atoms with Crippen LogP contribution in [0.4, 0.5) is 5.69 Å². The summed E-state index contributed by atoms with van der Waals surface area (Å²) in [6.45, 7) is 1.88. The molecule has 0 radical (unpaired) electrons. The Bertz CT molecular complexity index is 434. The Balaban J connectivity index is 2.17. The number of nitrogens with one attached hydrogen (secondary N) is 2. The first-order valence-corrected chi connectivity index (χ1v) is 6.33. The van der Waals surface area contributed by atoms with Crippen molar-refractivity contribution in [3.8, 4) is 0 Å². The summed E-state index contributed by atoms with van der Waals surface area (Å²) in [5.41, 5.74) is 1.07. The number of ether oxygens (including phenoxy) is 1. The monoisotopic (exact) mass is 281 g/mol. The van der Waals surface area contributed by atoms with Crippen LogP contribution in [0, 0.1) is 10.1 Å². The van der Waals surface area contributed by atoms with Crippen molar-refractivity contribution < 1.29 is 14.5 Å². The second kappa shape index (κ2) is 9.00. The third kappa shape index (κ3) is 6.26. The Kier molecular flexibility index (Phi) is 7.23. The van der Waals surface area contributed by atoms with E-state index in [-0.39, 0.29) is 18.1 Å². The molecule has 0 saturated heterocycles. The van der Waals surface area contributed by atoms with Gasteiger partial charge in [0, 0.05) is 25.8 Å². The predicted octanol–water partition coefficient (Wildman–Crippen LogP) is 0.490. The first kappa shape index (κ1) is 16.1. The number of hydrogen-bond donors (Lipinski definition) is 2. The lowest BCUT2D eigenvalue weighted by Gasteiger charge is -2.06. The van der Waals surface area contributed by atoms with Gasteiger partial charge >= 0.3 is 0 Å². The van der Waals surface area contributed by atoms with Gasteiger partial charge in [-0.05, 0) is 18.5 Å². The zero-order chi connectivity index (χ0) is 14.8. The summed E-state index contributed by atoms with van der Waals surface area (Å²) in [7, 11) is 1.58. The normalized spacial score (nSPS) is 10.2. The summed E-state index contributed by atoms with van der Waals surface area (Å²) >= 11 is 0. The number of carbonyl (C=O) groups is 1. The van der Waals surface area contributed by atoms with Crippen LogP contribution in [0.15, 0.2) is 24.3 Å². The van der Waals surface area contributed by atoms with Gasteiger partial charge in [0.2, 0.25) is 5.91 Å². The number of carbonyl (C=O) groups excluding carboxylic acids is 1. The van der Waals surface area contributed by atoms with Gasteiger partial charge in [-0.25, -0.2) is 0 Å². The molecule has 2 N–H and O–H groups in total. The minimum absolute atomic E-state index is 0.0780. The predicted molar refractivity (Wildman–Crippen MR) is 74.6 cm³/mol. The summed E-state index contributed by atoms with van der Waals surface area (Å²) in [5, 5.41) is 16.2. The number of nitro benzene ring substituents is 1. The fourth-order valence-corrected chi connectivity index (χ4v) is 1.57. The number of amides is 1. The molecule has 0 unspecified atom stereocenters. The molecule has 0 aliphatic heterocycles. The quantitative estimate of drug-likeness (QED) is 0.390. The maximum Gasteiger partial charge on any atom is 0.269 e. The van der Waals surface area contributed by atoms with E-state index in [4.69, 9.17) is 4.74 Å². The van der Waals surface area contributed by atoms with Crippen molar-refractivity contribution in [2.45, 2.75) is 6.42 Å². The van der Waals surface area contributed by atoms with Gasteiger partial charge in [-0.2, -0.15) is 0 Å². The van der Waals surface area contributed by atoms with Crippen molar-refractivity contribution in [2.24, 2.45) is 0 Å². The smallest absolute Gasteiger partial charge is 0.269 e. The third-order valence-corrected chi connectivity index (χ3v) is 2.65. The highest BCUT2D eigenvalue weighted by atomic mass is 16.6. The molecular weight excluding hydrogens is 262 g/mol. The first-order chi connectivity index (χ1) is 9.63. The molecule has 110 valence electrons. The van der Waals surface area contributed by atoms with Crippen LogP contribution in [0.1, 0.15) is 5.56 Å². The molecule has 0 atom stereocenters. The average molecular weight is 281 g/mol. The highest BCUT2D eigenvalue weighted by Crippen LogP contribution is 2.11. The molecule has 7 heteroatoms. The van der Waals surface area contributed by atoms with Crippen molar-refractivity contribution in [3.63, 3.8) is 0 Å². The minimum Gasteiger partial charge on any atom is -0.383 e. The SMILES string of the molecule is COCCNC(=O)CNCCc1ccc([N+](=O)[O-])cc1. The van der Waals surface area contributed by atoms with E-state index in [9.17, 15) is 14.9 Å². The van der Waals surface area contributed by atoms with Crippen LogP contribution in [0.5, 0.6) is 0 Å². The van der Waals surface area contributed by atoms with Crippen LogP contribution in [-0.4, -0.2) is 44.2 Å². The molecule has 20 heavy (non-hydrogen) atoms. The molecular formula is C13H19N3O4. The second-order valence-corrected chi connectivity index (χ2v) is 4.19. The van der Waals surface area contributed by atoms with Gasteiger partial charge in [0.25, 0.3) is 5.69 Å². The average Bonchev–Trinajstić information content (AvgIpc) is 2.44. The molecule has 1 amide bonds. The van der Waals surface area contributed by atoms with E-state index in [0.717, 1.165) is 5.56 Å². The van der Waals surface area contributed by atoms with Gasteiger partial charge in [-0.15, -0.1) is 0 Å². The molecule has 1 aromatic rings. The fraction of sp³-hybridized carbons (Fsp3) is 0.462. The Morgan fingerprint density at radius 1 is 1.30 bits per heavy atom. The molecule has 0 fully saturated rings. The standard InChI is InChI=1S/C13H19N3O4/c1-20-9-8-15-13(17)10-14-7-6-11-2-4-12(5-3-11)16(18)19/h2-5,14H,6-10H2,1H3,(H,15,17). The van der Waals surface area contributed by atoms with Gasteiger partial charge in [0.1, 0.15) is 0 Å². The lowest BCUT2D eigenvalue weighted by molar-refractivity contribution is -0.384. The zero-order valence-electron chi connectivity index (χ0n) is 11.4. The minimum atomic E-state index is -0.424. The number of nitro groups is 1. The maximum atomic E-state index is 11.3. The second-order valence-electron chi connectivity index (χ2n) is 4.19. The lowest BCUT2D eigenvalue weighted by atomic mass is 10.1. The topological polar surface area (TPSA) is 93.5 Å². The number of methoxy groups -OCH3 is 1. The van der Waals surface area contributed by atoms with E-state index in [2.05, 4.69) is 10.6 Å². The molecule has 0 aliphatic carbocycles. The van der Waals surface area contributed by atoms with Crippen LogP contribution in [0.2, 0.25) is 0 Å². The number of nitrogens with zero attached hydrogens (tertiary/aromatic N) is 1. The number of benzene rings is 1. The van der Waals surface area contributed by atoms with Gasteiger partial charge in [-0.1, -0.05) is 12.1 Å². The largest absolute Gasteiger partial charge is 0.383 e. The van der Waals surface area contributed by atoms with Crippen LogP contribution < -0.4 is 10.6 Å². The lowest BCUT2D eigenvalue weighted by Crippen LogP contribution is -2.36. The van der Waals surface area contributed by atoms with Gasteiger partial charge in [-0.3, -0.25) is 14.9 Å². The Labute approximate surface area is 117 Å². The molecule has 0 aliphatic rings. The van der Waals surface area contributed by atoms with E-state index in [1.54, 1.807) is 19.2 Å². The molecule has 0 heterocycles. The Morgan fingerprint density at radius 3 is 2.60 bits per heavy atom. The summed E-state index contributed by atoms with van der Waals surface area (Å²) in [4.78, 5) is 21.4. The molecule has 0 bridgehead atoms. The van der Waals surface area contributed by atoms with Crippen LogP contribution in [0.3, 0.4) is 0 Å². The van der Waals surface area contributed by atoms with Crippen LogP contribution in [-0.2, 0) is 16.0 Å². The van der Waals surface area contributed by atoms with Crippen molar-refractivity contribution >= 4 is 11.6 Å². The first-order valence-electron chi connectivity index (χ1n) is 6.33. The van der Waals surface area contributed by atoms with E-state index in [0.29, 0.717) is 26.1 Å². The van der Waals surface area contributed by atoms with Gasteiger partial charge < -0.3 is 15.4 Å². The molecule has 0 saturated carbocycles. The maximum absolute atomic E-state index is 11.3. The van der Waals surface area contributed by atoms with E-state index in [1.807, 2.05) is 0 Å².